The second-order valence-electron chi connectivity index (χ2n) is 4.91. The summed E-state index contributed by atoms with van der Waals surface area (Å²) in [6.45, 7) is 3.55. The molecule has 2 N–H and O–H groups in total. The van der Waals surface area contributed by atoms with Crippen LogP contribution < -0.4 is 5.73 Å². The molecule has 1 aliphatic heterocycles. The van der Waals surface area contributed by atoms with Gasteiger partial charge in [-0.1, -0.05) is 12.1 Å². The highest BCUT2D eigenvalue weighted by molar-refractivity contribution is 5.92. The van der Waals surface area contributed by atoms with Crippen molar-refractivity contribution in [2.24, 2.45) is 5.73 Å². The van der Waals surface area contributed by atoms with E-state index in [1.807, 2.05) is 4.90 Å². The lowest BCUT2D eigenvalue weighted by Gasteiger charge is -2.18. The van der Waals surface area contributed by atoms with Crippen molar-refractivity contribution in [3.63, 3.8) is 0 Å². The van der Waals surface area contributed by atoms with Gasteiger partial charge in [0.25, 0.3) is 5.91 Å². The van der Waals surface area contributed by atoms with Gasteiger partial charge in [-0.2, -0.15) is 0 Å². The van der Waals surface area contributed by atoms with Crippen molar-refractivity contribution in [3.8, 4) is 0 Å². The van der Waals surface area contributed by atoms with E-state index in [9.17, 15) is 4.79 Å². The molecule has 0 spiro atoms. The first-order valence-electron chi connectivity index (χ1n) is 6.71. The van der Waals surface area contributed by atoms with Gasteiger partial charge >= 0.3 is 0 Å². The van der Waals surface area contributed by atoms with Gasteiger partial charge in [-0.15, -0.1) is 0 Å². The Morgan fingerprint density at radius 3 is 3.17 bits per heavy atom. The van der Waals surface area contributed by atoms with Crippen LogP contribution in [0, 0.1) is 0 Å². The van der Waals surface area contributed by atoms with Gasteiger partial charge in [0, 0.05) is 31.6 Å². The molecule has 1 fully saturated rings. The average Bonchev–Trinajstić information content (AvgIpc) is 2.71. The van der Waals surface area contributed by atoms with Crippen LogP contribution in [0.2, 0.25) is 0 Å². The van der Waals surface area contributed by atoms with E-state index in [2.05, 4.69) is 12.1 Å². The van der Waals surface area contributed by atoms with Gasteiger partial charge in [0.1, 0.15) is 5.76 Å². The molecule has 0 bridgehead atoms. The van der Waals surface area contributed by atoms with Crippen LogP contribution in [0.1, 0.15) is 48.9 Å². The average molecular weight is 251 g/mol. The lowest BCUT2D eigenvalue weighted by atomic mass is 10.1. The highest BCUT2D eigenvalue weighted by Gasteiger charge is 2.22. The predicted molar refractivity (Wildman–Crippen MR) is 68.2 cm³/mol. The number of rotatable bonds is 3. The SMILES string of the molecule is CCCc1cc(C(=O)N2CCCC(N)CC2)no1. The summed E-state index contributed by atoms with van der Waals surface area (Å²) in [4.78, 5) is 14.1. The summed E-state index contributed by atoms with van der Waals surface area (Å²) in [6.07, 6.45) is 4.63. The van der Waals surface area contributed by atoms with Crippen LogP contribution in [0.5, 0.6) is 0 Å². The molecule has 18 heavy (non-hydrogen) atoms. The molecule has 1 amide bonds. The Bertz CT molecular complexity index is 403. The van der Waals surface area contributed by atoms with E-state index in [0.717, 1.165) is 51.0 Å². The second-order valence-corrected chi connectivity index (χ2v) is 4.91. The van der Waals surface area contributed by atoms with Gasteiger partial charge in [0.2, 0.25) is 0 Å². The molecule has 2 heterocycles. The minimum atomic E-state index is -0.0322. The highest BCUT2D eigenvalue weighted by Crippen LogP contribution is 2.14. The fraction of sp³-hybridized carbons (Fsp3) is 0.692. The summed E-state index contributed by atoms with van der Waals surface area (Å²) in [6, 6.07) is 1.98. The molecule has 1 aromatic heterocycles. The fourth-order valence-corrected chi connectivity index (χ4v) is 2.27. The van der Waals surface area contributed by atoms with Crippen LogP contribution in [0.15, 0.2) is 10.6 Å². The quantitative estimate of drug-likeness (QED) is 0.885. The van der Waals surface area contributed by atoms with Crippen LogP contribution in [-0.4, -0.2) is 35.1 Å². The Hall–Kier alpha value is -1.36. The third kappa shape index (κ3) is 3.10. The van der Waals surface area contributed by atoms with E-state index in [1.165, 1.54) is 0 Å². The molecule has 2 rings (SSSR count). The van der Waals surface area contributed by atoms with Gasteiger partial charge in [-0.3, -0.25) is 4.79 Å². The number of amides is 1. The largest absolute Gasteiger partial charge is 0.361 e. The first kappa shape index (κ1) is 13.1. The summed E-state index contributed by atoms with van der Waals surface area (Å²) in [5.41, 5.74) is 6.33. The van der Waals surface area contributed by atoms with Crippen LogP contribution in [0.4, 0.5) is 0 Å². The van der Waals surface area contributed by atoms with Crippen LogP contribution in [0.3, 0.4) is 0 Å². The summed E-state index contributed by atoms with van der Waals surface area (Å²) >= 11 is 0. The minimum Gasteiger partial charge on any atom is -0.361 e. The number of aryl methyl sites for hydroxylation is 1. The third-order valence-electron chi connectivity index (χ3n) is 3.33. The molecule has 1 saturated heterocycles. The van der Waals surface area contributed by atoms with Crippen molar-refractivity contribution in [2.75, 3.05) is 13.1 Å². The summed E-state index contributed by atoms with van der Waals surface area (Å²) < 4.78 is 5.15. The molecule has 5 heteroatoms. The zero-order valence-electron chi connectivity index (χ0n) is 10.9. The van der Waals surface area contributed by atoms with Crippen molar-refractivity contribution in [3.05, 3.63) is 17.5 Å². The molecule has 0 radical (unpaired) electrons. The number of likely N-dealkylation sites (tertiary alicyclic amines) is 1. The van der Waals surface area contributed by atoms with Gasteiger partial charge < -0.3 is 15.2 Å². The van der Waals surface area contributed by atoms with E-state index >= 15 is 0 Å². The van der Waals surface area contributed by atoms with Gasteiger partial charge in [0.05, 0.1) is 0 Å². The number of hydrogen-bond donors (Lipinski definition) is 1. The van der Waals surface area contributed by atoms with Gasteiger partial charge in [0.15, 0.2) is 5.69 Å². The molecule has 0 aromatic carbocycles. The molecule has 5 nitrogen and oxygen atoms in total. The van der Waals surface area contributed by atoms with Crippen LogP contribution >= 0.6 is 0 Å². The van der Waals surface area contributed by atoms with E-state index < -0.39 is 0 Å². The van der Waals surface area contributed by atoms with Crippen LogP contribution in [-0.2, 0) is 6.42 Å². The molecule has 0 aliphatic carbocycles. The molecule has 100 valence electrons. The predicted octanol–water partition coefficient (Wildman–Crippen LogP) is 1.58. The molecular formula is C13H21N3O2. The summed E-state index contributed by atoms with van der Waals surface area (Å²) in [5.74, 6) is 0.752. The van der Waals surface area contributed by atoms with Crippen molar-refractivity contribution in [2.45, 2.75) is 45.1 Å². The van der Waals surface area contributed by atoms with Gasteiger partial charge in [-0.05, 0) is 25.7 Å². The fourth-order valence-electron chi connectivity index (χ4n) is 2.27. The van der Waals surface area contributed by atoms with E-state index in [4.69, 9.17) is 10.3 Å². The van der Waals surface area contributed by atoms with Crippen molar-refractivity contribution in [1.82, 2.24) is 10.1 Å². The first-order valence-corrected chi connectivity index (χ1v) is 6.71. The normalized spacial score (nSPS) is 20.8. The number of carbonyl (C=O) groups is 1. The number of aromatic nitrogens is 1. The number of nitrogens with two attached hydrogens (primary N) is 1. The molecular weight excluding hydrogens is 230 g/mol. The molecule has 1 aromatic rings. The number of nitrogens with zero attached hydrogens (tertiary/aromatic N) is 2. The first-order chi connectivity index (χ1) is 8.70. The van der Waals surface area contributed by atoms with E-state index in [-0.39, 0.29) is 11.9 Å². The topological polar surface area (TPSA) is 72.4 Å². The van der Waals surface area contributed by atoms with Crippen molar-refractivity contribution >= 4 is 5.91 Å². The van der Waals surface area contributed by atoms with E-state index in [1.54, 1.807) is 6.07 Å². The monoisotopic (exact) mass is 251 g/mol. The zero-order valence-corrected chi connectivity index (χ0v) is 10.9. The Kier molecular flexibility index (Phi) is 4.36. The summed E-state index contributed by atoms with van der Waals surface area (Å²) in [5, 5.41) is 3.86. The Morgan fingerprint density at radius 2 is 2.39 bits per heavy atom. The maximum absolute atomic E-state index is 12.2. The number of carbonyl (C=O) groups excluding carboxylic acids is 1. The Balaban J connectivity index is 2.00. The smallest absolute Gasteiger partial charge is 0.276 e. The third-order valence-corrected chi connectivity index (χ3v) is 3.33. The van der Waals surface area contributed by atoms with Crippen molar-refractivity contribution < 1.29 is 9.32 Å². The molecule has 1 atom stereocenters. The second kappa shape index (κ2) is 6.00. The van der Waals surface area contributed by atoms with Crippen LogP contribution in [0.25, 0.3) is 0 Å². The molecule has 0 saturated carbocycles. The summed E-state index contributed by atoms with van der Waals surface area (Å²) in [7, 11) is 0. The zero-order chi connectivity index (χ0) is 13.0. The lowest BCUT2D eigenvalue weighted by Crippen LogP contribution is -2.33. The minimum absolute atomic E-state index is 0.0322. The highest BCUT2D eigenvalue weighted by atomic mass is 16.5. The maximum atomic E-state index is 12.2. The Labute approximate surface area is 107 Å². The van der Waals surface area contributed by atoms with Crippen molar-refractivity contribution in [1.29, 1.82) is 0 Å². The standard InChI is InChI=1S/C13H21N3O2/c1-2-4-11-9-12(15-18-11)13(17)16-7-3-5-10(14)6-8-16/h9-10H,2-8,14H2,1H3. The Morgan fingerprint density at radius 1 is 1.56 bits per heavy atom. The molecule has 1 aliphatic rings. The molecule has 1 unspecified atom stereocenters. The maximum Gasteiger partial charge on any atom is 0.276 e. The number of hydrogen-bond acceptors (Lipinski definition) is 4. The lowest BCUT2D eigenvalue weighted by molar-refractivity contribution is 0.0750. The van der Waals surface area contributed by atoms with E-state index in [0.29, 0.717) is 5.69 Å². The van der Waals surface area contributed by atoms with Gasteiger partial charge in [-0.25, -0.2) is 0 Å².